The first-order valence-corrected chi connectivity index (χ1v) is 11.2. The normalized spacial score (nSPS) is 12.1. The summed E-state index contributed by atoms with van der Waals surface area (Å²) in [6, 6.07) is 18.6. The number of hydrogen-bond donors (Lipinski definition) is 2. The van der Waals surface area contributed by atoms with Gasteiger partial charge in [0.1, 0.15) is 11.5 Å². The fourth-order valence-corrected chi connectivity index (χ4v) is 4.02. The maximum absolute atomic E-state index is 13.0. The highest BCUT2D eigenvalue weighted by Crippen LogP contribution is 2.39. The number of ether oxygens (including phenoxy) is 2. The van der Waals surface area contributed by atoms with Crippen molar-refractivity contribution in [2.24, 2.45) is 0 Å². The second kappa shape index (κ2) is 11.4. The topological polar surface area (TPSA) is 59.6 Å². The molecule has 11 heteroatoms. The van der Waals surface area contributed by atoms with Gasteiger partial charge in [0.15, 0.2) is 0 Å². The van der Waals surface area contributed by atoms with E-state index in [1.54, 1.807) is 37.3 Å². The molecule has 0 atom stereocenters. The summed E-state index contributed by atoms with van der Waals surface area (Å²) in [6.45, 7) is 1.84. The minimum Gasteiger partial charge on any atom is -0.406 e. The van der Waals surface area contributed by atoms with Gasteiger partial charge < -0.3 is 20.1 Å². The smallest absolute Gasteiger partial charge is 0.406 e. The van der Waals surface area contributed by atoms with Crippen LogP contribution >= 0.6 is 0 Å². The molecular formula is C26H24F6N2O3. The molecule has 0 aliphatic carbocycles. The second-order valence-corrected chi connectivity index (χ2v) is 8.11. The first-order chi connectivity index (χ1) is 17.4. The van der Waals surface area contributed by atoms with E-state index in [2.05, 4.69) is 20.1 Å². The van der Waals surface area contributed by atoms with Crippen molar-refractivity contribution < 1.29 is 40.6 Å². The number of carbonyl (C=O) groups is 1. The third-order valence-electron chi connectivity index (χ3n) is 5.48. The van der Waals surface area contributed by atoms with Crippen LogP contribution in [0.2, 0.25) is 0 Å². The van der Waals surface area contributed by atoms with Crippen LogP contribution in [0.25, 0.3) is 0 Å². The van der Waals surface area contributed by atoms with Crippen molar-refractivity contribution in [3.63, 3.8) is 0 Å². The molecule has 37 heavy (non-hydrogen) atoms. The monoisotopic (exact) mass is 526 g/mol. The Kier molecular flexibility index (Phi) is 8.57. The number of hydrogen-bond acceptors (Lipinski definition) is 3. The molecule has 2 amide bonds. The summed E-state index contributed by atoms with van der Waals surface area (Å²) < 4.78 is 86.1. The first-order valence-electron chi connectivity index (χ1n) is 11.2. The molecule has 0 radical (unpaired) electrons. The predicted molar refractivity (Wildman–Crippen MR) is 124 cm³/mol. The first kappa shape index (κ1) is 27.7. The quantitative estimate of drug-likeness (QED) is 0.321. The number of urea groups is 1. The van der Waals surface area contributed by atoms with Gasteiger partial charge in [-0.05, 0) is 54.3 Å². The lowest BCUT2D eigenvalue weighted by atomic mass is 9.70. The largest absolute Gasteiger partial charge is 0.573 e. The fraction of sp³-hybridized carbons (Fsp3) is 0.269. The predicted octanol–water partition coefficient (Wildman–Crippen LogP) is 6.33. The van der Waals surface area contributed by atoms with Crippen molar-refractivity contribution in [2.45, 2.75) is 31.5 Å². The average molecular weight is 526 g/mol. The van der Waals surface area contributed by atoms with E-state index in [1.807, 2.05) is 0 Å². The van der Waals surface area contributed by atoms with E-state index in [-0.39, 0.29) is 24.1 Å². The molecule has 0 aliphatic heterocycles. The Morgan fingerprint density at radius 1 is 0.730 bits per heavy atom. The van der Waals surface area contributed by atoms with Crippen LogP contribution in [-0.4, -0.2) is 31.8 Å². The van der Waals surface area contributed by atoms with Crippen LogP contribution < -0.4 is 20.1 Å². The molecule has 0 spiro atoms. The van der Waals surface area contributed by atoms with Crippen LogP contribution in [0.5, 0.6) is 11.5 Å². The van der Waals surface area contributed by atoms with Crippen LogP contribution in [0, 0.1) is 0 Å². The zero-order chi connectivity index (χ0) is 27.1. The zero-order valence-corrected chi connectivity index (χ0v) is 19.6. The number of carbonyl (C=O) groups excluding carboxylic acids is 1. The fourth-order valence-electron chi connectivity index (χ4n) is 4.02. The number of alkyl halides is 6. The van der Waals surface area contributed by atoms with Crippen LogP contribution in [0.1, 0.15) is 23.6 Å². The molecule has 0 saturated carbocycles. The minimum atomic E-state index is -4.96. The lowest BCUT2D eigenvalue weighted by molar-refractivity contribution is -0.275. The summed E-state index contributed by atoms with van der Waals surface area (Å²) >= 11 is 0. The third kappa shape index (κ3) is 8.06. The van der Waals surface area contributed by atoms with Gasteiger partial charge in [-0.25, -0.2) is 4.79 Å². The van der Waals surface area contributed by atoms with Gasteiger partial charge in [0.05, 0.1) is 0 Å². The minimum absolute atomic E-state index is 0.116. The van der Waals surface area contributed by atoms with E-state index in [0.717, 1.165) is 29.8 Å². The Morgan fingerprint density at radius 2 is 1.24 bits per heavy atom. The number of amides is 2. The number of halogens is 6. The Balaban J connectivity index is 2.21. The van der Waals surface area contributed by atoms with Crippen molar-refractivity contribution in [1.29, 1.82) is 0 Å². The number of rotatable bonds is 9. The molecular weight excluding hydrogens is 502 g/mol. The molecule has 0 heterocycles. The highest BCUT2D eigenvalue weighted by Gasteiger charge is 2.38. The van der Waals surface area contributed by atoms with Crippen molar-refractivity contribution in [1.82, 2.24) is 10.6 Å². The van der Waals surface area contributed by atoms with Gasteiger partial charge >= 0.3 is 18.8 Å². The van der Waals surface area contributed by atoms with E-state index in [0.29, 0.717) is 6.54 Å². The molecule has 0 aliphatic rings. The van der Waals surface area contributed by atoms with E-state index in [4.69, 9.17) is 0 Å². The average Bonchev–Trinajstić information content (AvgIpc) is 2.81. The Hall–Kier alpha value is -3.89. The Bertz CT molecular complexity index is 1120. The molecule has 3 aromatic carbocycles. The zero-order valence-electron chi connectivity index (χ0n) is 19.6. The molecule has 0 bridgehead atoms. The van der Waals surface area contributed by atoms with E-state index in [1.165, 1.54) is 24.3 Å². The maximum Gasteiger partial charge on any atom is 0.573 e. The summed E-state index contributed by atoms with van der Waals surface area (Å²) in [5.74, 6) is -1.02. The molecule has 0 fully saturated rings. The van der Waals surface area contributed by atoms with Crippen LogP contribution in [-0.2, 0) is 11.8 Å². The van der Waals surface area contributed by atoms with Gasteiger partial charge in [-0.15, -0.1) is 26.3 Å². The van der Waals surface area contributed by atoms with Crippen LogP contribution in [0.4, 0.5) is 31.1 Å². The van der Waals surface area contributed by atoms with Gasteiger partial charge in [0, 0.05) is 18.5 Å². The lowest BCUT2D eigenvalue weighted by Gasteiger charge is -2.36. The Morgan fingerprint density at radius 3 is 1.70 bits per heavy atom. The van der Waals surface area contributed by atoms with Gasteiger partial charge in [-0.1, -0.05) is 54.6 Å². The van der Waals surface area contributed by atoms with Crippen molar-refractivity contribution in [3.05, 3.63) is 95.6 Å². The van der Waals surface area contributed by atoms with Gasteiger partial charge in [-0.3, -0.25) is 0 Å². The van der Waals surface area contributed by atoms with Crippen LogP contribution in [0.15, 0.2) is 78.9 Å². The van der Waals surface area contributed by atoms with Crippen molar-refractivity contribution in [3.8, 4) is 11.5 Å². The number of nitrogens with one attached hydrogen (secondary N) is 2. The van der Waals surface area contributed by atoms with E-state index < -0.39 is 35.7 Å². The molecule has 198 valence electrons. The van der Waals surface area contributed by atoms with E-state index in [9.17, 15) is 31.1 Å². The highest BCUT2D eigenvalue weighted by molar-refractivity contribution is 5.74. The van der Waals surface area contributed by atoms with Crippen molar-refractivity contribution in [2.75, 3.05) is 13.1 Å². The molecule has 2 N–H and O–H groups in total. The summed E-state index contributed by atoms with van der Waals surface area (Å²) in [4.78, 5) is 12.3. The molecule has 0 saturated heterocycles. The molecule has 5 nitrogen and oxygen atoms in total. The molecule has 0 unspecified atom stereocenters. The standard InChI is InChI=1S/C26H24F6N2O3/c1-2-33-23(35)34-17-24(16-18-8-4-3-5-9-18,19-10-6-12-21(14-19)36-25(27,28)29)20-11-7-13-22(15-20)37-26(30,31)32/h3-15H,2,16-17H2,1H3,(H2,33,34,35). The third-order valence-corrected chi connectivity index (χ3v) is 5.48. The SMILES string of the molecule is CCNC(=O)NCC(Cc1ccccc1)(c1cccc(OC(F)(F)F)c1)c1cccc(OC(F)(F)F)c1. The van der Waals surface area contributed by atoms with Crippen molar-refractivity contribution >= 4 is 6.03 Å². The van der Waals surface area contributed by atoms with Gasteiger partial charge in [0.2, 0.25) is 0 Å². The molecule has 3 aromatic rings. The lowest BCUT2D eigenvalue weighted by Crippen LogP contribution is -2.46. The summed E-state index contributed by atoms with van der Waals surface area (Å²) in [5, 5.41) is 5.27. The molecule has 0 aromatic heterocycles. The van der Waals surface area contributed by atoms with Crippen LogP contribution in [0.3, 0.4) is 0 Å². The maximum atomic E-state index is 13.0. The van der Waals surface area contributed by atoms with Gasteiger partial charge in [-0.2, -0.15) is 0 Å². The summed E-state index contributed by atoms with van der Waals surface area (Å²) in [7, 11) is 0. The highest BCUT2D eigenvalue weighted by atomic mass is 19.4. The summed E-state index contributed by atoms with van der Waals surface area (Å²) in [6.07, 6.45) is -9.80. The number of benzene rings is 3. The second-order valence-electron chi connectivity index (χ2n) is 8.11. The summed E-state index contributed by atoms with van der Waals surface area (Å²) in [5.41, 5.74) is -0.0369. The van der Waals surface area contributed by atoms with E-state index >= 15 is 0 Å². The van der Waals surface area contributed by atoms with Gasteiger partial charge in [0.25, 0.3) is 0 Å². The Labute approximate surface area is 209 Å². The molecule has 3 rings (SSSR count).